The molecule has 0 N–H and O–H groups in total. The van der Waals surface area contributed by atoms with E-state index in [9.17, 15) is 9.18 Å². The molecule has 1 aliphatic rings. The van der Waals surface area contributed by atoms with Crippen LogP contribution in [-0.4, -0.2) is 11.6 Å². The number of halogens is 3. The number of rotatable bonds is 3. The molecule has 0 saturated heterocycles. The van der Waals surface area contributed by atoms with Crippen molar-refractivity contribution >= 4 is 46.2 Å². The van der Waals surface area contributed by atoms with Crippen LogP contribution in [0.3, 0.4) is 0 Å². The van der Waals surface area contributed by atoms with Crippen LogP contribution < -0.4 is 4.90 Å². The van der Waals surface area contributed by atoms with Crippen molar-refractivity contribution in [1.82, 2.24) is 0 Å². The summed E-state index contributed by atoms with van der Waals surface area (Å²) in [5, 5.41) is 0.958. The van der Waals surface area contributed by atoms with E-state index in [2.05, 4.69) is 4.99 Å². The first-order valence-corrected chi connectivity index (χ1v) is 8.99. The Morgan fingerprint density at radius 2 is 1.56 bits per heavy atom. The van der Waals surface area contributed by atoms with Gasteiger partial charge in [0.05, 0.1) is 17.9 Å². The predicted octanol–water partition coefficient (Wildman–Crippen LogP) is 5.80. The SMILES string of the molecule is O=C1C(=Nc2ccccc2F)c2ccccc2N1Cc1c(Cl)cccc1Cl. The molecule has 134 valence electrons. The van der Waals surface area contributed by atoms with Crippen molar-refractivity contribution in [3.63, 3.8) is 0 Å². The van der Waals surface area contributed by atoms with E-state index in [1.807, 2.05) is 18.2 Å². The number of hydrogen-bond acceptors (Lipinski definition) is 2. The lowest BCUT2D eigenvalue weighted by Crippen LogP contribution is -2.29. The van der Waals surface area contributed by atoms with Gasteiger partial charge in [0.15, 0.2) is 0 Å². The molecular formula is C21H13Cl2FN2O. The monoisotopic (exact) mass is 398 g/mol. The van der Waals surface area contributed by atoms with E-state index in [4.69, 9.17) is 23.2 Å². The Balaban J connectivity index is 1.80. The summed E-state index contributed by atoms with van der Waals surface area (Å²) in [6, 6.07) is 18.6. The van der Waals surface area contributed by atoms with Gasteiger partial charge >= 0.3 is 0 Å². The van der Waals surface area contributed by atoms with Crippen LogP contribution in [-0.2, 0) is 11.3 Å². The number of para-hydroxylation sites is 2. The lowest BCUT2D eigenvalue weighted by Gasteiger charge is -2.18. The molecule has 0 fully saturated rings. The zero-order chi connectivity index (χ0) is 19.0. The number of carbonyl (C=O) groups is 1. The molecule has 0 unspecified atom stereocenters. The van der Waals surface area contributed by atoms with Crippen LogP contribution in [0.5, 0.6) is 0 Å². The van der Waals surface area contributed by atoms with Gasteiger partial charge in [-0.3, -0.25) is 4.79 Å². The molecule has 27 heavy (non-hydrogen) atoms. The summed E-state index contributed by atoms with van der Waals surface area (Å²) >= 11 is 12.5. The summed E-state index contributed by atoms with van der Waals surface area (Å²) in [6.07, 6.45) is 0. The minimum absolute atomic E-state index is 0.119. The molecule has 0 spiro atoms. The molecule has 0 atom stereocenters. The normalized spacial score (nSPS) is 14.7. The number of anilines is 1. The zero-order valence-corrected chi connectivity index (χ0v) is 15.5. The fraction of sp³-hybridized carbons (Fsp3) is 0.0476. The van der Waals surface area contributed by atoms with E-state index in [-0.39, 0.29) is 23.9 Å². The second-order valence-electron chi connectivity index (χ2n) is 6.02. The summed E-state index contributed by atoms with van der Waals surface area (Å²) in [7, 11) is 0. The van der Waals surface area contributed by atoms with E-state index in [1.54, 1.807) is 41.3 Å². The summed E-state index contributed by atoms with van der Waals surface area (Å²) in [5.41, 5.74) is 2.30. The second kappa shape index (κ2) is 7.14. The zero-order valence-electron chi connectivity index (χ0n) is 14.0. The van der Waals surface area contributed by atoms with Crippen molar-refractivity contribution < 1.29 is 9.18 Å². The van der Waals surface area contributed by atoms with Crippen molar-refractivity contribution in [3.8, 4) is 0 Å². The summed E-state index contributed by atoms with van der Waals surface area (Å²) < 4.78 is 14.0. The average molecular weight is 399 g/mol. The summed E-state index contributed by atoms with van der Waals surface area (Å²) in [5.74, 6) is -0.807. The number of benzene rings is 3. The topological polar surface area (TPSA) is 32.7 Å². The van der Waals surface area contributed by atoms with Crippen LogP contribution >= 0.6 is 23.2 Å². The fourth-order valence-electron chi connectivity index (χ4n) is 3.03. The lowest BCUT2D eigenvalue weighted by atomic mass is 10.1. The molecule has 0 aromatic heterocycles. The summed E-state index contributed by atoms with van der Waals surface area (Å²) in [4.78, 5) is 19.0. The Hall–Kier alpha value is -2.69. The molecule has 0 saturated carbocycles. The Kier molecular flexibility index (Phi) is 4.68. The summed E-state index contributed by atoms with van der Waals surface area (Å²) in [6.45, 7) is 0.199. The first-order valence-electron chi connectivity index (χ1n) is 8.23. The fourth-order valence-corrected chi connectivity index (χ4v) is 3.55. The highest BCUT2D eigenvalue weighted by molar-refractivity contribution is 6.54. The molecule has 0 bridgehead atoms. The highest BCUT2D eigenvalue weighted by Crippen LogP contribution is 2.35. The minimum Gasteiger partial charge on any atom is -0.302 e. The van der Waals surface area contributed by atoms with Gasteiger partial charge in [0, 0.05) is 21.2 Å². The first kappa shape index (κ1) is 17.7. The van der Waals surface area contributed by atoms with Crippen LogP contribution in [0.25, 0.3) is 0 Å². The van der Waals surface area contributed by atoms with E-state index < -0.39 is 5.82 Å². The van der Waals surface area contributed by atoms with Crippen LogP contribution in [0.2, 0.25) is 10.0 Å². The largest absolute Gasteiger partial charge is 0.302 e. The van der Waals surface area contributed by atoms with Crippen molar-refractivity contribution in [1.29, 1.82) is 0 Å². The van der Waals surface area contributed by atoms with Gasteiger partial charge in [-0.2, -0.15) is 0 Å². The van der Waals surface area contributed by atoms with Crippen molar-refractivity contribution in [2.45, 2.75) is 6.54 Å². The maximum Gasteiger partial charge on any atom is 0.277 e. The molecular weight excluding hydrogens is 386 g/mol. The molecule has 3 aromatic rings. The van der Waals surface area contributed by atoms with E-state index in [0.29, 0.717) is 26.9 Å². The molecule has 1 aliphatic heterocycles. The average Bonchev–Trinajstić information content (AvgIpc) is 2.92. The molecule has 0 aliphatic carbocycles. The first-order chi connectivity index (χ1) is 13.1. The molecule has 3 aromatic carbocycles. The van der Waals surface area contributed by atoms with Crippen molar-refractivity contribution in [2.75, 3.05) is 4.90 Å². The number of fused-ring (bicyclic) bond motifs is 1. The van der Waals surface area contributed by atoms with Gasteiger partial charge < -0.3 is 4.90 Å². The van der Waals surface area contributed by atoms with Crippen LogP contribution in [0.15, 0.2) is 71.7 Å². The second-order valence-corrected chi connectivity index (χ2v) is 6.83. The Bertz CT molecular complexity index is 1060. The van der Waals surface area contributed by atoms with Gasteiger partial charge in [0.2, 0.25) is 0 Å². The van der Waals surface area contributed by atoms with Gasteiger partial charge in [-0.15, -0.1) is 0 Å². The molecule has 4 rings (SSSR count). The van der Waals surface area contributed by atoms with E-state index in [0.717, 1.165) is 0 Å². The van der Waals surface area contributed by atoms with E-state index >= 15 is 0 Å². The number of aliphatic imine (C=N–C) groups is 1. The van der Waals surface area contributed by atoms with Gasteiger partial charge in [0.1, 0.15) is 11.5 Å². The third kappa shape index (κ3) is 3.22. The number of nitrogens with zero attached hydrogens (tertiary/aromatic N) is 2. The molecule has 1 heterocycles. The third-order valence-corrected chi connectivity index (χ3v) is 5.07. The Labute approximate surface area is 165 Å². The Morgan fingerprint density at radius 3 is 2.30 bits per heavy atom. The predicted molar refractivity (Wildman–Crippen MR) is 107 cm³/mol. The van der Waals surface area contributed by atoms with Crippen molar-refractivity contribution in [3.05, 3.63) is 93.7 Å². The van der Waals surface area contributed by atoms with Crippen LogP contribution in [0, 0.1) is 5.82 Å². The Morgan fingerprint density at radius 1 is 0.889 bits per heavy atom. The maximum absolute atomic E-state index is 14.0. The van der Waals surface area contributed by atoms with Gasteiger partial charge in [-0.05, 0) is 30.3 Å². The molecule has 1 amide bonds. The van der Waals surface area contributed by atoms with E-state index in [1.165, 1.54) is 12.1 Å². The smallest absolute Gasteiger partial charge is 0.277 e. The highest BCUT2D eigenvalue weighted by atomic mass is 35.5. The number of hydrogen-bond donors (Lipinski definition) is 0. The van der Waals surface area contributed by atoms with Crippen molar-refractivity contribution in [2.24, 2.45) is 4.99 Å². The molecule has 3 nitrogen and oxygen atoms in total. The number of amides is 1. The highest BCUT2D eigenvalue weighted by Gasteiger charge is 2.34. The molecule has 6 heteroatoms. The maximum atomic E-state index is 14.0. The van der Waals surface area contributed by atoms with Crippen LogP contribution in [0.1, 0.15) is 11.1 Å². The van der Waals surface area contributed by atoms with Gasteiger partial charge in [-0.25, -0.2) is 9.38 Å². The standard InChI is InChI=1S/C21H13Cl2FN2O/c22-15-7-5-8-16(23)14(15)12-26-19-11-4-1-6-13(19)20(21(26)27)25-18-10-3-2-9-17(18)24/h1-11H,12H2. The quantitative estimate of drug-likeness (QED) is 0.548. The lowest BCUT2D eigenvalue weighted by molar-refractivity contribution is -0.112. The molecule has 0 radical (unpaired) electrons. The third-order valence-electron chi connectivity index (χ3n) is 4.36. The van der Waals surface area contributed by atoms with Gasteiger partial charge in [0.25, 0.3) is 5.91 Å². The minimum atomic E-state index is -0.483. The van der Waals surface area contributed by atoms with Gasteiger partial charge in [-0.1, -0.05) is 59.6 Å². The van der Waals surface area contributed by atoms with Crippen LogP contribution in [0.4, 0.5) is 15.8 Å². The number of carbonyl (C=O) groups excluding carboxylic acids is 1.